The van der Waals surface area contributed by atoms with Gasteiger partial charge in [-0.2, -0.15) is 5.10 Å². The summed E-state index contributed by atoms with van der Waals surface area (Å²) in [5, 5.41) is 7.56. The van der Waals surface area contributed by atoms with Crippen molar-refractivity contribution in [1.29, 1.82) is 0 Å². The van der Waals surface area contributed by atoms with E-state index in [0.29, 0.717) is 0 Å². The van der Waals surface area contributed by atoms with Crippen LogP contribution in [0.5, 0.6) is 0 Å². The van der Waals surface area contributed by atoms with Gasteiger partial charge in [0.1, 0.15) is 0 Å². The average Bonchev–Trinajstić information content (AvgIpc) is 3.83. The number of nitrogens with one attached hydrogen (secondary N) is 3. The van der Waals surface area contributed by atoms with Crippen LogP contribution in [0.15, 0.2) is 97.5 Å². The summed E-state index contributed by atoms with van der Waals surface area (Å²) >= 11 is 0. The molecule has 0 saturated carbocycles. The first-order valence-corrected chi connectivity index (χ1v) is 13.4. The van der Waals surface area contributed by atoms with Crippen molar-refractivity contribution >= 4 is 46.4 Å². The number of rotatable bonds is 3. The molecule has 0 atom stereocenters. The molecule has 6 aromatic rings. The number of aromatic amines is 3. The molecule has 8 bridgehead atoms. The van der Waals surface area contributed by atoms with Gasteiger partial charge in [0.15, 0.2) is 0 Å². The Morgan fingerprint density at radius 1 is 0.488 bits per heavy atom. The van der Waals surface area contributed by atoms with Gasteiger partial charge in [-0.15, -0.1) is 0 Å². The van der Waals surface area contributed by atoms with Crippen molar-refractivity contribution in [2.75, 3.05) is 0 Å². The number of benzene rings is 1. The third-order valence-corrected chi connectivity index (χ3v) is 7.27. The van der Waals surface area contributed by atoms with E-state index in [2.05, 4.69) is 79.7 Å². The summed E-state index contributed by atoms with van der Waals surface area (Å²) in [5.41, 5.74) is 13.8. The molecule has 0 saturated heterocycles. The van der Waals surface area contributed by atoms with Gasteiger partial charge in [-0.25, -0.2) is 9.97 Å². The van der Waals surface area contributed by atoms with E-state index in [-0.39, 0.29) is 0 Å². The molecule has 0 spiro atoms. The van der Waals surface area contributed by atoms with Crippen molar-refractivity contribution < 1.29 is 0 Å². The van der Waals surface area contributed by atoms with Gasteiger partial charge < -0.3 is 9.97 Å². The first kappa shape index (κ1) is 23.1. The fraction of sp³-hybridized carbons (Fsp3) is 0. The van der Waals surface area contributed by atoms with Crippen molar-refractivity contribution in [3.8, 4) is 33.5 Å². The number of nitrogens with zero attached hydrogens (tertiary/aromatic N) is 4. The van der Waals surface area contributed by atoms with Gasteiger partial charge in [0, 0.05) is 57.3 Å². The zero-order valence-electron chi connectivity index (χ0n) is 21.8. The number of aromatic nitrogens is 7. The Hall–Kier alpha value is -5.82. The summed E-state index contributed by atoms with van der Waals surface area (Å²) in [7, 11) is 0. The molecule has 8 rings (SSSR count). The third-order valence-electron chi connectivity index (χ3n) is 7.27. The number of hydrogen-bond donors (Lipinski definition) is 3. The van der Waals surface area contributed by atoms with Gasteiger partial charge in [-0.05, 0) is 90.0 Å². The minimum absolute atomic E-state index is 0.889. The SMILES string of the molecule is C1=Cc2cc3cc(-c4ccc(-c5n[nH]cc5-c5ccncc5)cc4)c(cc4nc(cc5ccc(cc1n2)[nH]5)C=C4)[nH]3. The first-order valence-electron chi connectivity index (χ1n) is 13.4. The largest absolute Gasteiger partial charge is 0.355 e. The van der Waals surface area contributed by atoms with Crippen LogP contribution in [0, 0.1) is 0 Å². The predicted molar refractivity (Wildman–Crippen MR) is 165 cm³/mol. The van der Waals surface area contributed by atoms with Gasteiger partial charge in [0.05, 0.1) is 28.5 Å². The van der Waals surface area contributed by atoms with Crippen LogP contribution in [0.4, 0.5) is 0 Å². The standard InChI is InChI=1S/C34H23N7/c1-3-23(34-32(20-36-41-34)22-11-13-35-14-12-22)4-2-21(1)31-18-30-17-28-8-7-26(38-28)15-24-5-6-25(37-24)16-27-9-10-29(39-27)19-33(31)40-30/h1-20,37,40H,(H,36,41). The van der Waals surface area contributed by atoms with Crippen molar-refractivity contribution in [3.63, 3.8) is 0 Å². The molecule has 7 heterocycles. The molecular weight excluding hydrogens is 506 g/mol. The molecule has 194 valence electrons. The van der Waals surface area contributed by atoms with Gasteiger partial charge in [0.2, 0.25) is 0 Å². The lowest BCUT2D eigenvalue weighted by Crippen LogP contribution is -1.84. The summed E-state index contributed by atoms with van der Waals surface area (Å²) in [6.45, 7) is 0. The molecule has 2 aliphatic heterocycles. The number of hydrogen-bond acceptors (Lipinski definition) is 4. The van der Waals surface area contributed by atoms with E-state index < -0.39 is 0 Å². The lowest BCUT2D eigenvalue weighted by Gasteiger charge is -2.05. The van der Waals surface area contributed by atoms with Crippen molar-refractivity contribution in [1.82, 2.24) is 35.1 Å². The molecule has 0 amide bonds. The van der Waals surface area contributed by atoms with Crippen LogP contribution >= 0.6 is 0 Å². The highest BCUT2D eigenvalue weighted by Crippen LogP contribution is 2.33. The Kier molecular flexibility index (Phi) is 5.31. The Labute approximate surface area is 235 Å². The molecule has 0 radical (unpaired) electrons. The molecule has 3 N–H and O–H groups in total. The van der Waals surface area contributed by atoms with E-state index >= 15 is 0 Å². The number of H-pyrrole nitrogens is 3. The van der Waals surface area contributed by atoms with Gasteiger partial charge >= 0.3 is 0 Å². The zero-order valence-corrected chi connectivity index (χ0v) is 21.8. The molecule has 0 unspecified atom stereocenters. The zero-order chi connectivity index (χ0) is 27.2. The third kappa shape index (κ3) is 4.45. The summed E-state index contributed by atoms with van der Waals surface area (Å²) in [5.74, 6) is 0. The van der Waals surface area contributed by atoms with Crippen LogP contribution in [0.25, 0.3) is 79.9 Å². The Morgan fingerprint density at radius 3 is 1.76 bits per heavy atom. The smallest absolute Gasteiger partial charge is 0.0999 e. The molecule has 2 aliphatic rings. The van der Waals surface area contributed by atoms with Gasteiger partial charge in [0.25, 0.3) is 0 Å². The second-order valence-electron chi connectivity index (χ2n) is 10.0. The molecule has 0 fully saturated rings. The lowest BCUT2D eigenvalue weighted by atomic mass is 10.00. The maximum Gasteiger partial charge on any atom is 0.0999 e. The van der Waals surface area contributed by atoms with Crippen LogP contribution < -0.4 is 0 Å². The fourth-order valence-corrected chi connectivity index (χ4v) is 5.33. The summed E-state index contributed by atoms with van der Waals surface area (Å²) in [6.07, 6.45) is 13.7. The quantitative estimate of drug-likeness (QED) is 0.218. The maximum absolute atomic E-state index is 4.84. The van der Waals surface area contributed by atoms with E-state index in [1.807, 2.05) is 54.8 Å². The molecular formula is C34H23N7. The lowest BCUT2D eigenvalue weighted by molar-refractivity contribution is 1.10. The Bertz CT molecular complexity index is 2140. The highest BCUT2D eigenvalue weighted by atomic mass is 15.1. The van der Waals surface area contributed by atoms with Crippen LogP contribution in [0.1, 0.15) is 22.8 Å². The van der Waals surface area contributed by atoms with Crippen LogP contribution in [0.3, 0.4) is 0 Å². The topological polar surface area (TPSA) is 98.9 Å². The van der Waals surface area contributed by atoms with Crippen molar-refractivity contribution in [2.24, 2.45) is 0 Å². The summed E-state index contributed by atoms with van der Waals surface area (Å²) in [6, 6.07) is 27.0. The summed E-state index contributed by atoms with van der Waals surface area (Å²) in [4.78, 5) is 20.8. The van der Waals surface area contributed by atoms with Crippen LogP contribution in [0.2, 0.25) is 0 Å². The molecule has 1 aromatic carbocycles. The second kappa shape index (κ2) is 9.43. The fourth-order valence-electron chi connectivity index (χ4n) is 5.33. The van der Waals surface area contributed by atoms with Crippen molar-refractivity contribution in [3.05, 3.63) is 120 Å². The Balaban J connectivity index is 1.27. The predicted octanol–water partition coefficient (Wildman–Crippen LogP) is 7.77. The second-order valence-corrected chi connectivity index (χ2v) is 10.0. The highest BCUT2D eigenvalue weighted by molar-refractivity contribution is 5.89. The van der Waals surface area contributed by atoms with Crippen LogP contribution in [-0.2, 0) is 0 Å². The average molecular weight is 530 g/mol. The maximum atomic E-state index is 4.84. The monoisotopic (exact) mass is 529 g/mol. The minimum atomic E-state index is 0.889. The first-order chi connectivity index (χ1) is 20.2. The molecule has 5 aromatic heterocycles. The molecule has 7 nitrogen and oxygen atoms in total. The van der Waals surface area contributed by atoms with E-state index in [1.54, 1.807) is 12.4 Å². The molecule has 0 aliphatic carbocycles. The number of fused-ring (bicyclic) bond motifs is 8. The van der Waals surface area contributed by atoms with Crippen molar-refractivity contribution in [2.45, 2.75) is 0 Å². The van der Waals surface area contributed by atoms with Gasteiger partial charge in [-0.3, -0.25) is 10.1 Å². The normalized spacial score (nSPS) is 12.2. The Morgan fingerprint density at radius 2 is 1.07 bits per heavy atom. The molecule has 41 heavy (non-hydrogen) atoms. The minimum Gasteiger partial charge on any atom is -0.355 e. The van der Waals surface area contributed by atoms with E-state index in [0.717, 1.165) is 78.4 Å². The number of pyridine rings is 1. The van der Waals surface area contributed by atoms with E-state index in [9.17, 15) is 0 Å². The van der Waals surface area contributed by atoms with E-state index in [4.69, 9.17) is 9.97 Å². The van der Waals surface area contributed by atoms with E-state index in [1.165, 1.54) is 0 Å². The highest BCUT2D eigenvalue weighted by Gasteiger charge is 2.12. The van der Waals surface area contributed by atoms with Crippen LogP contribution in [-0.4, -0.2) is 35.1 Å². The molecule has 7 heteroatoms. The van der Waals surface area contributed by atoms with Gasteiger partial charge in [-0.1, -0.05) is 24.3 Å². The summed E-state index contributed by atoms with van der Waals surface area (Å²) < 4.78 is 0.